The number of halogens is 1. The third-order valence-corrected chi connectivity index (χ3v) is 2.16. The van der Waals surface area contributed by atoms with Crippen molar-refractivity contribution in [2.75, 3.05) is 0 Å². The summed E-state index contributed by atoms with van der Waals surface area (Å²) in [5, 5.41) is 0.189. The summed E-state index contributed by atoms with van der Waals surface area (Å²) in [4.78, 5) is 0. The summed E-state index contributed by atoms with van der Waals surface area (Å²) in [6, 6.07) is 0. The summed E-state index contributed by atoms with van der Waals surface area (Å²) in [6.07, 6.45) is 3.44. The zero-order valence-corrected chi connectivity index (χ0v) is 8.07. The molecule has 0 nitrogen and oxygen atoms in total. The fourth-order valence-corrected chi connectivity index (χ4v) is 0.772. The van der Waals surface area contributed by atoms with E-state index in [1.165, 1.54) is 12.0 Å². The van der Waals surface area contributed by atoms with Gasteiger partial charge in [0.25, 0.3) is 0 Å². The van der Waals surface area contributed by atoms with Crippen LogP contribution in [-0.4, -0.2) is 5.38 Å². The largest absolute Gasteiger partial charge is 0.119 e. The molecule has 0 aliphatic carbocycles. The third kappa shape index (κ3) is 3.94. The van der Waals surface area contributed by atoms with E-state index in [1.807, 2.05) is 6.92 Å². The SMILES string of the molecule is CCC(C)/C=C(/C)C(C)Cl. The topological polar surface area (TPSA) is 0 Å². The number of alkyl halides is 1. The Hall–Kier alpha value is 0.0300. The Balaban J connectivity index is 3.89. The van der Waals surface area contributed by atoms with Gasteiger partial charge in [-0.05, 0) is 19.8 Å². The molecule has 0 aliphatic rings. The number of allylic oxidation sites excluding steroid dienone is 2. The summed E-state index contributed by atoms with van der Waals surface area (Å²) in [5.74, 6) is 0.668. The van der Waals surface area contributed by atoms with Crippen LogP contribution in [0.25, 0.3) is 0 Å². The van der Waals surface area contributed by atoms with E-state index in [9.17, 15) is 0 Å². The molecule has 0 spiro atoms. The summed E-state index contributed by atoms with van der Waals surface area (Å²) in [6.45, 7) is 8.50. The van der Waals surface area contributed by atoms with Crippen LogP contribution in [0.3, 0.4) is 0 Å². The Morgan fingerprint density at radius 2 is 2.00 bits per heavy atom. The molecule has 0 aromatic heterocycles. The number of rotatable bonds is 3. The van der Waals surface area contributed by atoms with Gasteiger partial charge in [-0.25, -0.2) is 0 Å². The van der Waals surface area contributed by atoms with Crippen molar-refractivity contribution in [1.29, 1.82) is 0 Å². The molecule has 0 heterocycles. The highest BCUT2D eigenvalue weighted by Gasteiger charge is 2.00. The quantitative estimate of drug-likeness (QED) is 0.437. The van der Waals surface area contributed by atoms with Gasteiger partial charge < -0.3 is 0 Å². The number of hydrogen-bond donors (Lipinski definition) is 0. The molecule has 0 amide bonds. The maximum Gasteiger partial charge on any atom is 0.0514 e. The Bertz CT molecular complexity index is 114. The minimum Gasteiger partial charge on any atom is -0.119 e. The minimum atomic E-state index is 0.189. The predicted octanol–water partition coefficient (Wildman–Crippen LogP) is 3.61. The highest BCUT2D eigenvalue weighted by molar-refractivity contribution is 6.22. The zero-order chi connectivity index (χ0) is 8.15. The van der Waals surface area contributed by atoms with Crippen LogP contribution in [0.4, 0.5) is 0 Å². The summed E-state index contributed by atoms with van der Waals surface area (Å²) < 4.78 is 0. The first-order chi connectivity index (χ1) is 4.57. The molecule has 0 radical (unpaired) electrons. The fourth-order valence-electron chi connectivity index (χ4n) is 0.699. The average Bonchev–Trinajstić information content (AvgIpc) is 1.87. The molecule has 10 heavy (non-hydrogen) atoms. The molecular weight excluding hydrogens is 144 g/mol. The van der Waals surface area contributed by atoms with Crippen molar-refractivity contribution >= 4 is 11.6 Å². The molecule has 0 saturated carbocycles. The summed E-state index contributed by atoms with van der Waals surface area (Å²) in [7, 11) is 0. The smallest absolute Gasteiger partial charge is 0.0514 e. The lowest BCUT2D eigenvalue weighted by Crippen LogP contribution is -1.96. The molecule has 0 aromatic rings. The second-order valence-electron chi connectivity index (χ2n) is 2.91. The van der Waals surface area contributed by atoms with Crippen molar-refractivity contribution in [3.8, 4) is 0 Å². The van der Waals surface area contributed by atoms with Crippen molar-refractivity contribution in [3.63, 3.8) is 0 Å². The Kier molecular flexibility index (Phi) is 4.80. The summed E-state index contributed by atoms with van der Waals surface area (Å²) >= 11 is 5.86. The van der Waals surface area contributed by atoms with Gasteiger partial charge in [0.05, 0.1) is 5.38 Å². The van der Waals surface area contributed by atoms with Crippen LogP contribution in [0.15, 0.2) is 11.6 Å². The van der Waals surface area contributed by atoms with E-state index in [1.54, 1.807) is 0 Å². The molecule has 0 saturated heterocycles. The van der Waals surface area contributed by atoms with Crippen LogP contribution >= 0.6 is 11.6 Å². The minimum absolute atomic E-state index is 0.189. The van der Waals surface area contributed by atoms with Gasteiger partial charge in [-0.15, -0.1) is 11.6 Å². The van der Waals surface area contributed by atoms with E-state index in [2.05, 4.69) is 26.8 Å². The Labute approximate surface area is 69.3 Å². The number of hydrogen-bond acceptors (Lipinski definition) is 0. The van der Waals surface area contributed by atoms with E-state index in [-0.39, 0.29) is 5.38 Å². The van der Waals surface area contributed by atoms with Crippen molar-refractivity contribution in [3.05, 3.63) is 11.6 Å². The van der Waals surface area contributed by atoms with E-state index in [0.717, 1.165) is 0 Å². The van der Waals surface area contributed by atoms with Gasteiger partial charge in [-0.2, -0.15) is 0 Å². The second kappa shape index (κ2) is 4.79. The maximum absolute atomic E-state index is 5.86. The fraction of sp³-hybridized carbons (Fsp3) is 0.778. The van der Waals surface area contributed by atoms with Gasteiger partial charge in [-0.1, -0.05) is 31.9 Å². The summed E-state index contributed by atoms with van der Waals surface area (Å²) in [5.41, 5.74) is 1.29. The highest BCUT2D eigenvalue weighted by Crippen LogP contribution is 2.12. The molecule has 60 valence electrons. The monoisotopic (exact) mass is 160 g/mol. The van der Waals surface area contributed by atoms with E-state index < -0.39 is 0 Å². The van der Waals surface area contributed by atoms with Crippen molar-refractivity contribution in [2.45, 2.75) is 39.5 Å². The van der Waals surface area contributed by atoms with Crippen LogP contribution in [0.2, 0.25) is 0 Å². The van der Waals surface area contributed by atoms with Crippen molar-refractivity contribution < 1.29 is 0 Å². The maximum atomic E-state index is 5.86. The molecule has 0 fully saturated rings. The lowest BCUT2D eigenvalue weighted by Gasteiger charge is -2.06. The van der Waals surface area contributed by atoms with Crippen LogP contribution in [0.5, 0.6) is 0 Å². The van der Waals surface area contributed by atoms with Crippen LogP contribution in [0, 0.1) is 5.92 Å². The van der Waals surface area contributed by atoms with Gasteiger partial charge in [-0.3, -0.25) is 0 Å². The average molecular weight is 161 g/mol. The van der Waals surface area contributed by atoms with E-state index in [0.29, 0.717) is 5.92 Å². The molecule has 0 aliphatic heterocycles. The second-order valence-corrected chi connectivity index (χ2v) is 3.57. The van der Waals surface area contributed by atoms with Gasteiger partial charge in [0.15, 0.2) is 0 Å². The molecule has 1 heteroatoms. The van der Waals surface area contributed by atoms with Crippen LogP contribution in [-0.2, 0) is 0 Å². The third-order valence-electron chi connectivity index (χ3n) is 1.82. The first kappa shape index (κ1) is 10.0. The molecule has 2 atom stereocenters. The molecule has 0 aromatic carbocycles. The molecule has 0 N–H and O–H groups in total. The van der Waals surface area contributed by atoms with Crippen molar-refractivity contribution in [1.82, 2.24) is 0 Å². The Morgan fingerprint density at radius 1 is 1.50 bits per heavy atom. The van der Waals surface area contributed by atoms with Crippen LogP contribution in [0.1, 0.15) is 34.1 Å². The van der Waals surface area contributed by atoms with E-state index >= 15 is 0 Å². The van der Waals surface area contributed by atoms with Gasteiger partial charge >= 0.3 is 0 Å². The predicted molar refractivity (Wildman–Crippen MR) is 48.5 cm³/mol. The normalized spacial score (nSPS) is 18.7. The van der Waals surface area contributed by atoms with Gasteiger partial charge in [0, 0.05) is 0 Å². The van der Waals surface area contributed by atoms with Gasteiger partial charge in [0.1, 0.15) is 0 Å². The van der Waals surface area contributed by atoms with E-state index in [4.69, 9.17) is 11.6 Å². The zero-order valence-electron chi connectivity index (χ0n) is 7.32. The molecular formula is C9H17Cl. The molecule has 0 rings (SSSR count). The van der Waals surface area contributed by atoms with Crippen molar-refractivity contribution in [2.24, 2.45) is 5.92 Å². The first-order valence-electron chi connectivity index (χ1n) is 3.90. The lowest BCUT2D eigenvalue weighted by molar-refractivity contribution is 0.690. The standard InChI is InChI=1S/C9H17Cl/c1-5-7(2)6-8(3)9(4)10/h6-7,9H,5H2,1-4H3/b8-6-. The van der Waals surface area contributed by atoms with Crippen LogP contribution < -0.4 is 0 Å². The molecule has 2 unspecified atom stereocenters. The first-order valence-corrected chi connectivity index (χ1v) is 4.34. The Morgan fingerprint density at radius 3 is 2.30 bits per heavy atom. The van der Waals surface area contributed by atoms with Gasteiger partial charge in [0.2, 0.25) is 0 Å². The lowest BCUT2D eigenvalue weighted by atomic mass is 10.0. The molecule has 0 bridgehead atoms. The highest BCUT2D eigenvalue weighted by atomic mass is 35.5.